The molecule has 4 aromatic carbocycles. The van der Waals surface area contributed by atoms with Crippen LogP contribution in [0.25, 0.3) is 11.6 Å². The molecule has 4 aliphatic carbocycles. The fraction of sp³-hybridized carbons (Fsp3) is 0.289. The van der Waals surface area contributed by atoms with E-state index in [0.29, 0.717) is 17.9 Å². The van der Waals surface area contributed by atoms with Crippen molar-refractivity contribution >= 4 is 11.6 Å². The van der Waals surface area contributed by atoms with Crippen LogP contribution in [-0.2, 0) is 12.8 Å². The molecule has 0 saturated carbocycles. The van der Waals surface area contributed by atoms with Crippen LogP contribution in [0.2, 0.25) is 0 Å². The third-order valence-electron chi connectivity index (χ3n) is 11.8. The zero-order chi connectivity index (χ0) is 32.3. The Kier molecular flexibility index (Phi) is 7.29. The van der Waals surface area contributed by atoms with Crippen LogP contribution in [0.15, 0.2) is 121 Å². The van der Waals surface area contributed by atoms with Crippen LogP contribution >= 0.6 is 0 Å². The van der Waals surface area contributed by atoms with E-state index in [0.717, 1.165) is 50.7 Å². The molecule has 4 heteroatoms. The molecule has 1 fully saturated rings. The van der Waals surface area contributed by atoms with Gasteiger partial charge in [-0.2, -0.15) is 0 Å². The quantitative estimate of drug-likeness (QED) is 0.194. The lowest BCUT2D eigenvalue weighted by Crippen LogP contribution is -2.54. The van der Waals surface area contributed by atoms with Crippen molar-refractivity contribution in [3.63, 3.8) is 0 Å². The van der Waals surface area contributed by atoms with Crippen molar-refractivity contribution in [3.05, 3.63) is 171 Å². The number of hydrogen-bond donors (Lipinski definition) is 3. The Morgan fingerprint density at radius 1 is 0.612 bits per heavy atom. The summed E-state index contributed by atoms with van der Waals surface area (Å²) in [6.07, 6.45) is 22.4. The summed E-state index contributed by atoms with van der Waals surface area (Å²) in [5, 5.41) is 11.7. The van der Waals surface area contributed by atoms with Crippen LogP contribution in [0.4, 0.5) is 0 Å². The molecule has 4 aromatic rings. The highest BCUT2D eigenvalue weighted by Gasteiger charge is 2.39. The first-order valence-corrected chi connectivity index (χ1v) is 18.4. The van der Waals surface area contributed by atoms with Crippen molar-refractivity contribution < 1.29 is 4.74 Å². The Hall–Kier alpha value is -4.48. The molecule has 2 heterocycles. The highest BCUT2D eigenvalue weighted by Crippen LogP contribution is 2.51. The maximum Gasteiger partial charge on any atom is 0.124 e. The number of allylic oxidation sites excluding steroid dienone is 6. The average Bonchev–Trinajstić information content (AvgIpc) is 3.56. The second-order valence-corrected chi connectivity index (χ2v) is 14.7. The van der Waals surface area contributed by atoms with E-state index in [-0.39, 0.29) is 18.5 Å². The van der Waals surface area contributed by atoms with Crippen LogP contribution in [0, 0.1) is 0 Å². The van der Waals surface area contributed by atoms with Crippen molar-refractivity contribution in [1.29, 1.82) is 0 Å². The molecule has 1 saturated heterocycles. The molecular weight excluding hydrogens is 599 g/mol. The lowest BCUT2D eigenvalue weighted by Gasteiger charge is -2.40. The van der Waals surface area contributed by atoms with E-state index < -0.39 is 0 Å². The van der Waals surface area contributed by atoms with Crippen molar-refractivity contribution in [2.45, 2.75) is 81.4 Å². The summed E-state index contributed by atoms with van der Waals surface area (Å²) < 4.78 is 6.50. The van der Waals surface area contributed by atoms with Gasteiger partial charge in [-0.1, -0.05) is 115 Å². The highest BCUT2D eigenvalue weighted by molar-refractivity contribution is 5.85. The fourth-order valence-electron chi connectivity index (χ4n) is 9.24. The Morgan fingerprint density at radius 2 is 1.41 bits per heavy atom. The SMILES string of the molecule is C1=Cc2cc(C3NC(c4ccccc4)NC(c4cccc(C5C=CC6=C(CCc7ccc8c(c76)C6C=CCCC6O8)C5)c4)N3)ccc2CC1. The highest BCUT2D eigenvalue weighted by atomic mass is 16.5. The summed E-state index contributed by atoms with van der Waals surface area (Å²) in [6.45, 7) is 0. The molecule has 6 atom stereocenters. The zero-order valence-corrected chi connectivity index (χ0v) is 27.9. The summed E-state index contributed by atoms with van der Waals surface area (Å²) in [5.74, 6) is 1.86. The predicted octanol–water partition coefficient (Wildman–Crippen LogP) is 9.46. The molecule has 244 valence electrons. The zero-order valence-electron chi connectivity index (χ0n) is 27.9. The monoisotopic (exact) mass is 641 g/mol. The third-order valence-corrected chi connectivity index (χ3v) is 11.8. The van der Waals surface area contributed by atoms with Crippen molar-refractivity contribution in [2.24, 2.45) is 0 Å². The van der Waals surface area contributed by atoms with Crippen molar-refractivity contribution in [2.75, 3.05) is 0 Å². The minimum atomic E-state index is -0.00836. The molecule has 10 rings (SSSR count). The molecule has 3 N–H and O–H groups in total. The van der Waals surface area contributed by atoms with Gasteiger partial charge in [-0.25, -0.2) is 0 Å². The third kappa shape index (κ3) is 5.25. The first-order valence-electron chi connectivity index (χ1n) is 18.4. The van der Waals surface area contributed by atoms with E-state index in [9.17, 15) is 0 Å². The number of ether oxygens (including phenoxy) is 1. The smallest absolute Gasteiger partial charge is 0.124 e. The van der Waals surface area contributed by atoms with Gasteiger partial charge in [-0.15, -0.1) is 0 Å². The first kappa shape index (κ1) is 29.4. The standard InChI is InChI=1S/C45H43N3O/c1-2-10-30(11-3-1)43-46-44(48-45(47-43)36-20-17-28-9-4-5-12-31(28)26-36)35-14-8-13-32(27-35)33-21-23-37-34(25-33)19-18-29-22-24-40-42(41(29)37)38-15-6-7-16-39(38)49-40/h1-3,5-6,8,10-15,17,20-24,26-27,33,38-39,43-48H,4,7,9,16,18-19,25H2. The Morgan fingerprint density at radius 3 is 2.31 bits per heavy atom. The van der Waals surface area contributed by atoms with Gasteiger partial charge in [0.15, 0.2) is 0 Å². The van der Waals surface area contributed by atoms with Gasteiger partial charge in [-0.3, -0.25) is 16.0 Å². The minimum Gasteiger partial charge on any atom is -0.489 e. The van der Waals surface area contributed by atoms with Gasteiger partial charge < -0.3 is 4.74 Å². The Balaban J connectivity index is 0.946. The van der Waals surface area contributed by atoms with Gasteiger partial charge >= 0.3 is 0 Å². The van der Waals surface area contributed by atoms with E-state index >= 15 is 0 Å². The van der Waals surface area contributed by atoms with E-state index in [1.165, 1.54) is 55.6 Å². The fourth-order valence-corrected chi connectivity index (χ4v) is 9.24. The molecule has 0 spiro atoms. The lowest BCUT2D eigenvalue weighted by molar-refractivity contribution is 0.203. The Labute approximate surface area is 289 Å². The molecular formula is C45H43N3O. The van der Waals surface area contributed by atoms with Crippen LogP contribution in [0.3, 0.4) is 0 Å². The van der Waals surface area contributed by atoms with Gasteiger partial charge in [0.05, 0.1) is 18.5 Å². The van der Waals surface area contributed by atoms with Gasteiger partial charge in [-0.05, 0) is 107 Å². The molecule has 6 aliphatic rings. The molecule has 6 unspecified atom stereocenters. The number of benzene rings is 4. The number of hydrogen-bond acceptors (Lipinski definition) is 4. The molecule has 0 radical (unpaired) electrons. The summed E-state index contributed by atoms with van der Waals surface area (Å²) in [4.78, 5) is 0. The molecule has 49 heavy (non-hydrogen) atoms. The van der Waals surface area contributed by atoms with Crippen molar-refractivity contribution in [3.8, 4) is 5.75 Å². The van der Waals surface area contributed by atoms with E-state index in [4.69, 9.17) is 4.74 Å². The molecule has 0 amide bonds. The topological polar surface area (TPSA) is 45.3 Å². The second kappa shape index (κ2) is 12.1. The molecule has 0 bridgehead atoms. The summed E-state index contributed by atoms with van der Waals surface area (Å²) >= 11 is 0. The van der Waals surface area contributed by atoms with Crippen LogP contribution in [0.1, 0.15) is 113 Å². The minimum absolute atomic E-state index is 0.00836. The van der Waals surface area contributed by atoms with E-state index in [2.05, 4.69) is 137 Å². The molecule has 2 aliphatic heterocycles. The maximum absolute atomic E-state index is 6.50. The van der Waals surface area contributed by atoms with Crippen molar-refractivity contribution in [1.82, 2.24) is 16.0 Å². The van der Waals surface area contributed by atoms with Gasteiger partial charge in [0.25, 0.3) is 0 Å². The van der Waals surface area contributed by atoms with Crippen LogP contribution in [0.5, 0.6) is 5.75 Å². The van der Waals surface area contributed by atoms with Gasteiger partial charge in [0, 0.05) is 17.4 Å². The average molecular weight is 642 g/mol. The number of nitrogens with one attached hydrogen (secondary N) is 3. The second-order valence-electron chi connectivity index (χ2n) is 14.7. The largest absolute Gasteiger partial charge is 0.489 e. The van der Waals surface area contributed by atoms with Gasteiger partial charge in [0.1, 0.15) is 11.9 Å². The van der Waals surface area contributed by atoms with Crippen LogP contribution in [-0.4, -0.2) is 6.10 Å². The Bertz CT molecular complexity index is 2050. The first-order chi connectivity index (χ1) is 24.2. The maximum atomic E-state index is 6.50. The van der Waals surface area contributed by atoms with Gasteiger partial charge in [0.2, 0.25) is 0 Å². The number of fused-ring (bicyclic) bond motifs is 7. The molecule has 4 nitrogen and oxygen atoms in total. The number of aryl methyl sites for hydroxylation is 2. The summed E-state index contributed by atoms with van der Waals surface area (Å²) in [5.41, 5.74) is 15.4. The van der Waals surface area contributed by atoms with E-state index in [1.807, 2.05) is 0 Å². The number of rotatable bonds is 4. The summed E-state index contributed by atoms with van der Waals surface area (Å²) in [7, 11) is 0. The lowest BCUT2D eigenvalue weighted by atomic mass is 9.73. The predicted molar refractivity (Wildman–Crippen MR) is 198 cm³/mol. The molecule has 0 aromatic heterocycles. The van der Waals surface area contributed by atoms with Crippen LogP contribution < -0.4 is 20.7 Å². The summed E-state index contributed by atoms with van der Waals surface area (Å²) in [6, 6.07) is 31.6. The normalized spacial score (nSPS) is 27.8. The van der Waals surface area contributed by atoms with E-state index in [1.54, 1.807) is 5.57 Å².